The van der Waals surface area contributed by atoms with Crippen LogP contribution in [0.4, 0.5) is 10.2 Å². The third-order valence-corrected chi connectivity index (χ3v) is 4.11. The lowest BCUT2D eigenvalue weighted by Gasteiger charge is -2.26. The van der Waals surface area contributed by atoms with Gasteiger partial charge in [0.2, 0.25) is 0 Å². The summed E-state index contributed by atoms with van der Waals surface area (Å²) in [7, 11) is 0. The highest BCUT2D eigenvalue weighted by Gasteiger charge is 2.21. The van der Waals surface area contributed by atoms with Crippen molar-refractivity contribution < 1.29 is 4.39 Å². The number of nitrogens with zero attached hydrogens (tertiary/aromatic N) is 3. The van der Waals surface area contributed by atoms with E-state index < -0.39 is 6.08 Å². The number of anilines is 1. The molecule has 0 saturated heterocycles. The molecule has 0 radical (unpaired) electrons. The average Bonchev–Trinajstić information content (AvgIpc) is 2.55. The van der Waals surface area contributed by atoms with Crippen LogP contribution in [-0.2, 0) is 6.42 Å². The van der Waals surface area contributed by atoms with Crippen LogP contribution in [0.1, 0.15) is 30.0 Å². The zero-order chi connectivity index (χ0) is 14.9. The summed E-state index contributed by atoms with van der Waals surface area (Å²) in [6.45, 7) is 0. The van der Waals surface area contributed by atoms with Gasteiger partial charge in [-0.25, -0.2) is 4.98 Å². The van der Waals surface area contributed by atoms with E-state index in [1.807, 2.05) is 6.07 Å². The molecule has 0 fully saturated rings. The topological polar surface area (TPSA) is 50.7 Å². The third kappa shape index (κ3) is 2.28. The summed E-state index contributed by atoms with van der Waals surface area (Å²) in [5.41, 5.74) is 3.73. The minimum absolute atomic E-state index is 0.129. The van der Waals surface area contributed by atoms with Crippen LogP contribution in [0.2, 0.25) is 0 Å². The van der Waals surface area contributed by atoms with Crippen molar-refractivity contribution in [2.75, 3.05) is 5.32 Å². The van der Waals surface area contributed by atoms with Crippen molar-refractivity contribution in [3.05, 3.63) is 59.8 Å². The molecule has 3 aromatic rings. The fraction of sp³-hybridized carbons (Fsp3) is 0.235. The van der Waals surface area contributed by atoms with E-state index >= 15 is 0 Å². The van der Waals surface area contributed by atoms with Crippen LogP contribution >= 0.6 is 0 Å². The molecule has 5 heteroatoms. The minimum atomic E-state index is -0.730. The maximum absolute atomic E-state index is 13.7. The van der Waals surface area contributed by atoms with E-state index in [2.05, 4.69) is 38.5 Å². The van der Waals surface area contributed by atoms with Crippen molar-refractivity contribution in [2.45, 2.75) is 25.3 Å². The number of halogens is 1. The van der Waals surface area contributed by atoms with Gasteiger partial charge in [0.15, 0.2) is 5.82 Å². The zero-order valence-electron chi connectivity index (χ0n) is 12.0. The molecule has 0 aliphatic heterocycles. The molecular weight excluding hydrogens is 279 g/mol. The van der Waals surface area contributed by atoms with E-state index in [4.69, 9.17) is 0 Å². The van der Waals surface area contributed by atoms with Gasteiger partial charge in [-0.15, -0.1) is 0 Å². The van der Waals surface area contributed by atoms with E-state index in [9.17, 15) is 4.39 Å². The molecule has 110 valence electrons. The molecule has 22 heavy (non-hydrogen) atoms. The van der Waals surface area contributed by atoms with E-state index in [0.29, 0.717) is 16.9 Å². The van der Waals surface area contributed by atoms with Gasteiger partial charge in [0.25, 0.3) is 0 Å². The summed E-state index contributed by atoms with van der Waals surface area (Å²) in [6.07, 6.45) is 4.13. The van der Waals surface area contributed by atoms with Crippen LogP contribution in [0, 0.1) is 6.08 Å². The molecule has 2 aromatic heterocycles. The third-order valence-electron chi connectivity index (χ3n) is 4.11. The number of rotatable bonds is 2. The highest BCUT2D eigenvalue weighted by atomic mass is 19.1. The maximum Gasteiger partial charge on any atom is 0.311 e. The molecule has 0 amide bonds. The van der Waals surface area contributed by atoms with Crippen molar-refractivity contribution in [1.82, 2.24) is 15.0 Å². The van der Waals surface area contributed by atoms with Gasteiger partial charge in [-0.3, -0.25) is 4.98 Å². The predicted octanol–water partition coefficient (Wildman–Crippen LogP) is 3.65. The predicted molar refractivity (Wildman–Crippen MR) is 83.0 cm³/mol. The first kappa shape index (κ1) is 13.1. The molecular formula is C17H15FN4. The normalized spacial score (nSPS) is 17.2. The zero-order valence-corrected chi connectivity index (χ0v) is 12.0. The Morgan fingerprint density at radius 3 is 2.95 bits per heavy atom. The second-order valence-corrected chi connectivity index (χ2v) is 5.50. The molecule has 4 nitrogen and oxygen atoms in total. The number of nitrogens with one attached hydrogen (secondary N) is 1. The summed E-state index contributed by atoms with van der Waals surface area (Å²) in [5.74, 6) is 0.463. The summed E-state index contributed by atoms with van der Waals surface area (Å²) >= 11 is 0. The molecule has 1 aromatic carbocycles. The number of aryl methyl sites for hydroxylation is 1. The van der Waals surface area contributed by atoms with Gasteiger partial charge in [-0.1, -0.05) is 24.3 Å². The van der Waals surface area contributed by atoms with Crippen LogP contribution in [0.3, 0.4) is 0 Å². The number of hydrogen-bond donors (Lipinski definition) is 1. The van der Waals surface area contributed by atoms with Gasteiger partial charge < -0.3 is 5.32 Å². The molecule has 1 N–H and O–H groups in total. The second-order valence-electron chi connectivity index (χ2n) is 5.50. The van der Waals surface area contributed by atoms with Crippen molar-refractivity contribution in [3.63, 3.8) is 0 Å². The molecule has 1 atom stereocenters. The van der Waals surface area contributed by atoms with Crippen LogP contribution in [0.5, 0.6) is 0 Å². The van der Waals surface area contributed by atoms with Gasteiger partial charge in [0.1, 0.15) is 5.52 Å². The monoisotopic (exact) mass is 294 g/mol. The van der Waals surface area contributed by atoms with Gasteiger partial charge in [0, 0.05) is 6.20 Å². The van der Waals surface area contributed by atoms with E-state index in [1.165, 1.54) is 11.1 Å². The fourth-order valence-electron chi connectivity index (χ4n) is 3.11. The molecule has 2 heterocycles. The first-order chi connectivity index (χ1) is 10.8. The van der Waals surface area contributed by atoms with Crippen LogP contribution < -0.4 is 5.32 Å². The summed E-state index contributed by atoms with van der Waals surface area (Å²) in [6, 6.07) is 12.0. The van der Waals surface area contributed by atoms with Crippen molar-refractivity contribution in [1.29, 1.82) is 0 Å². The Bertz CT molecular complexity index is 834. The smallest absolute Gasteiger partial charge is 0.311 e. The lowest BCUT2D eigenvalue weighted by Crippen LogP contribution is -2.18. The molecule has 4 rings (SSSR count). The lowest BCUT2D eigenvalue weighted by molar-refractivity contribution is 0.542. The number of benzene rings is 1. The molecule has 1 aliphatic rings. The Hall–Kier alpha value is -2.56. The van der Waals surface area contributed by atoms with Gasteiger partial charge in [0.05, 0.1) is 11.6 Å². The Kier molecular flexibility index (Phi) is 3.18. The standard InChI is InChI=1S/C17H15FN4/c18-17-21-14-9-4-10-19-15(14)16(22-17)20-13-8-3-6-11-5-1-2-7-12(11)13/h1-2,4-5,7,9-10,13H,3,6,8H2,(H,20,21,22)/t13-/m0/s1. The van der Waals surface area contributed by atoms with E-state index in [0.717, 1.165) is 19.3 Å². The van der Waals surface area contributed by atoms with E-state index in [1.54, 1.807) is 18.3 Å². The van der Waals surface area contributed by atoms with Crippen molar-refractivity contribution in [2.24, 2.45) is 0 Å². The van der Waals surface area contributed by atoms with Crippen molar-refractivity contribution >= 4 is 16.9 Å². The van der Waals surface area contributed by atoms with Crippen LogP contribution in [-0.4, -0.2) is 15.0 Å². The number of pyridine rings is 1. The van der Waals surface area contributed by atoms with Crippen LogP contribution in [0.15, 0.2) is 42.6 Å². The summed E-state index contributed by atoms with van der Waals surface area (Å²) in [4.78, 5) is 12.0. The molecule has 0 saturated carbocycles. The Balaban J connectivity index is 1.76. The molecule has 1 aliphatic carbocycles. The molecule has 0 bridgehead atoms. The highest BCUT2D eigenvalue weighted by Crippen LogP contribution is 2.33. The summed E-state index contributed by atoms with van der Waals surface area (Å²) < 4.78 is 13.7. The van der Waals surface area contributed by atoms with Gasteiger partial charge >= 0.3 is 6.08 Å². The quantitative estimate of drug-likeness (QED) is 0.733. The number of aromatic nitrogens is 3. The van der Waals surface area contributed by atoms with Gasteiger partial charge in [-0.05, 0) is 42.5 Å². The minimum Gasteiger partial charge on any atom is -0.361 e. The van der Waals surface area contributed by atoms with E-state index in [-0.39, 0.29) is 6.04 Å². The average molecular weight is 294 g/mol. The van der Waals surface area contributed by atoms with Crippen LogP contribution in [0.25, 0.3) is 11.0 Å². The van der Waals surface area contributed by atoms with Crippen molar-refractivity contribution in [3.8, 4) is 0 Å². The first-order valence-corrected chi connectivity index (χ1v) is 7.44. The van der Waals surface area contributed by atoms with Gasteiger partial charge in [-0.2, -0.15) is 9.37 Å². The SMILES string of the molecule is Fc1nc(N[C@H]2CCCc3ccccc32)c2ncccc2n1. The number of hydrogen-bond acceptors (Lipinski definition) is 4. The number of fused-ring (bicyclic) bond motifs is 2. The maximum atomic E-state index is 13.7. The molecule has 0 spiro atoms. The first-order valence-electron chi connectivity index (χ1n) is 7.44. The lowest BCUT2D eigenvalue weighted by atomic mass is 9.88. The summed E-state index contributed by atoms with van der Waals surface area (Å²) in [5, 5.41) is 3.37. The second kappa shape index (κ2) is 5.33. The molecule has 0 unspecified atom stereocenters. The highest BCUT2D eigenvalue weighted by molar-refractivity contribution is 5.84. The largest absolute Gasteiger partial charge is 0.361 e. The fourth-order valence-corrected chi connectivity index (χ4v) is 3.11. The Morgan fingerprint density at radius 1 is 1.09 bits per heavy atom. The Morgan fingerprint density at radius 2 is 2.00 bits per heavy atom. The Labute approximate surface area is 127 Å².